The number of amides is 1. The number of carbonyl (C=O) groups excluding carboxylic acids is 1. The first-order chi connectivity index (χ1) is 13.3. The highest BCUT2D eigenvalue weighted by molar-refractivity contribution is 7.89. The summed E-state index contributed by atoms with van der Waals surface area (Å²) in [5, 5.41) is 9.88. The van der Waals surface area contributed by atoms with Crippen LogP contribution in [0.1, 0.15) is 34.6 Å². The van der Waals surface area contributed by atoms with Crippen LogP contribution in [-0.2, 0) is 16.6 Å². The lowest BCUT2D eigenvalue weighted by Crippen LogP contribution is -2.26. The van der Waals surface area contributed by atoms with Gasteiger partial charge in [-0.05, 0) is 42.8 Å². The summed E-state index contributed by atoms with van der Waals surface area (Å²) in [6, 6.07) is 12.6. The SMILES string of the molecule is C[C@@H](NC(=O)c1cccc(OCc2cscn2)c1)c1ccc(S(N)(=O)=O)cc1. The Balaban J connectivity index is 1.64. The molecule has 0 saturated carbocycles. The van der Waals surface area contributed by atoms with Gasteiger partial charge in [-0.2, -0.15) is 0 Å². The van der Waals surface area contributed by atoms with Gasteiger partial charge in [0.1, 0.15) is 12.4 Å². The largest absolute Gasteiger partial charge is 0.487 e. The predicted octanol–water partition coefficient (Wildman–Crippen LogP) is 2.86. The lowest BCUT2D eigenvalue weighted by Gasteiger charge is -2.15. The second-order valence-electron chi connectivity index (χ2n) is 6.11. The number of primary sulfonamides is 1. The molecule has 2 aromatic carbocycles. The third kappa shape index (κ3) is 5.16. The van der Waals surface area contributed by atoms with Crippen LogP contribution in [0.2, 0.25) is 0 Å². The van der Waals surface area contributed by atoms with Gasteiger partial charge in [-0.1, -0.05) is 18.2 Å². The molecule has 0 unspecified atom stereocenters. The van der Waals surface area contributed by atoms with Crippen LogP contribution in [0.5, 0.6) is 5.75 Å². The average molecular weight is 418 g/mol. The van der Waals surface area contributed by atoms with Crippen molar-refractivity contribution >= 4 is 27.3 Å². The van der Waals surface area contributed by atoms with E-state index < -0.39 is 10.0 Å². The van der Waals surface area contributed by atoms with Crippen LogP contribution in [-0.4, -0.2) is 19.3 Å². The van der Waals surface area contributed by atoms with Gasteiger partial charge in [0, 0.05) is 10.9 Å². The monoisotopic (exact) mass is 417 g/mol. The molecule has 0 bridgehead atoms. The van der Waals surface area contributed by atoms with E-state index >= 15 is 0 Å². The second kappa shape index (κ2) is 8.51. The molecule has 1 aromatic heterocycles. The standard InChI is InChI=1S/C19H19N3O4S2/c1-13(14-5-7-18(8-6-14)28(20,24)25)22-19(23)15-3-2-4-17(9-15)26-10-16-11-27-12-21-16/h2-9,11-13H,10H2,1H3,(H,22,23)(H2,20,24,25)/t13-/m1/s1. The highest BCUT2D eigenvalue weighted by Crippen LogP contribution is 2.18. The zero-order valence-electron chi connectivity index (χ0n) is 15.0. The molecule has 146 valence electrons. The highest BCUT2D eigenvalue weighted by atomic mass is 32.2. The lowest BCUT2D eigenvalue weighted by atomic mass is 10.1. The van der Waals surface area contributed by atoms with Crippen molar-refractivity contribution in [3.63, 3.8) is 0 Å². The van der Waals surface area contributed by atoms with E-state index in [0.29, 0.717) is 17.9 Å². The van der Waals surface area contributed by atoms with Crippen molar-refractivity contribution in [3.05, 3.63) is 76.2 Å². The first-order valence-electron chi connectivity index (χ1n) is 8.36. The van der Waals surface area contributed by atoms with Gasteiger partial charge in [0.15, 0.2) is 0 Å². The van der Waals surface area contributed by atoms with Crippen molar-refractivity contribution in [1.29, 1.82) is 0 Å². The quantitative estimate of drug-likeness (QED) is 0.614. The Labute approximate surface area is 167 Å². The van der Waals surface area contributed by atoms with Gasteiger partial charge in [0.25, 0.3) is 5.91 Å². The van der Waals surface area contributed by atoms with Crippen molar-refractivity contribution < 1.29 is 17.9 Å². The molecule has 0 aliphatic rings. The molecule has 28 heavy (non-hydrogen) atoms. The molecule has 0 spiro atoms. The Morgan fingerprint density at radius 2 is 2.00 bits per heavy atom. The molecule has 0 aliphatic heterocycles. The Bertz CT molecular complexity index is 1050. The summed E-state index contributed by atoms with van der Waals surface area (Å²) in [6.07, 6.45) is 0. The summed E-state index contributed by atoms with van der Waals surface area (Å²) in [4.78, 5) is 16.7. The van der Waals surface area contributed by atoms with Crippen molar-refractivity contribution in [1.82, 2.24) is 10.3 Å². The first kappa shape index (κ1) is 20.0. The molecule has 0 aliphatic carbocycles. The molecule has 0 fully saturated rings. The van der Waals surface area contributed by atoms with E-state index in [4.69, 9.17) is 9.88 Å². The fourth-order valence-corrected chi connectivity index (χ4v) is 3.56. The zero-order chi connectivity index (χ0) is 20.1. The maximum atomic E-state index is 12.5. The summed E-state index contributed by atoms with van der Waals surface area (Å²) < 4.78 is 28.3. The van der Waals surface area contributed by atoms with Gasteiger partial charge in [0.05, 0.1) is 22.1 Å². The number of nitrogens with two attached hydrogens (primary N) is 1. The molecule has 1 atom stereocenters. The number of hydrogen-bond donors (Lipinski definition) is 2. The summed E-state index contributed by atoms with van der Waals surface area (Å²) in [5.74, 6) is 0.313. The van der Waals surface area contributed by atoms with Crippen LogP contribution in [0.25, 0.3) is 0 Å². The number of nitrogens with one attached hydrogen (secondary N) is 1. The highest BCUT2D eigenvalue weighted by Gasteiger charge is 2.14. The molecule has 3 aromatic rings. The molecule has 3 N–H and O–H groups in total. The van der Waals surface area contributed by atoms with Crippen molar-refractivity contribution in [3.8, 4) is 5.75 Å². The summed E-state index contributed by atoms with van der Waals surface area (Å²) in [7, 11) is -3.74. The fourth-order valence-electron chi connectivity index (χ4n) is 2.50. The summed E-state index contributed by atoms with van der Waals surface area (Å²) in [6.45, 7) is 2.15. The molecule has 3 rings (SSSR count). The number of ether oxygens (including phenoxy) is 1. The maximum Gasteiger partial charge on any atom is 0.251 e. The van der Waals surface area contributed by atoms with Gasteiger partial charge < -0.3 is 10.1 Å². The minimum atomic E-state index is -3.74. The number of nitrogens with zero attached hydrogens (tertiary/aromatic N) is 1. The lowest BCUT2D eigenvalue weighted by molar-refractivity contribution is 0.0939. The molecular formula is C19H19N3O4S2. The Morgan fingerprint density at radius 3 is 2.64 bits per heavy atom. The van der Waals surface area contributed by atoms with E-state index in [0.717, 1.165) is 11.3 Å². The van der Waals surface area contributed by atoms with Crippen LogP contribution in [0.15, 0.2) is 64.3 Å². The third-order valence-electron chi connectivity index (χ3n) is 4.02. The Kier molecular flexibility index (Phi) is 6.08. The van der Waals surface area contributed by atoms with Crippen LogP contribution in [0.3, 0.4) is 0 Å². The number of aromatic nitrogens is 1. The van der Waals surface area contributed by atoms with E-state index in [-0.39, 0.29) is 16.8 Å². The Hall–Kier alpha value is -2.75. The maximum absolute atomic E-state index is 12.5. The minimum absolute atomic E-state index is 0.0275. The summed E-state index contributed by atoms with van der Waals surface area (Å²) >= 11 is 1.49. The third-order valence-corrected chi connectivity index (χ3v) is 5.59. The molecule has 0 radical (unpaired) electrons. The topological polar surface area (TPSA) is 111 Å². The van der Waals surface area contributed by atoms with Gasteiger partial charge >= 0.3 is 0 Å². The summed E-state index contributed by atoms with van der Waals surface area (Å²) in [5.41, 5.74) is 3.79. The molecular weight excluding hydrogens is 398 g/mol. The first-order valence-corrected chi connectivity index (χ1v) is 10.9. The van der Waals surface area contributed by atoms with Gasteiger partial charge in [-0.15, -0.1) is 11.3 Å². The second-order valence-corrected chi connectivity index (χ2v) is 8.39. The van der Waals surface area contributed by atoms with E-state index in [1.807, 2.05) is 12.3 Å². The van der Waals surface area contributed by atoms with Gasteiger partial charge in [-0.25, -0.2) is 18.5 Å². The minimum Gasteiger partial charge on any atom is -0.487 e. The van der Waals surface area contributed by atoms with E-state index in [1.54, 1.807) is 41.9 Å². The van der Waals surface area contributed by atoms with E-state index in [2.05, 4.69) is 10.3 Å². The van der Waals surface area contributed by atoms with Crippen LogP contribution >= 0.6 is 11.3 Å². The number of sulfonamides is 1. The van der Waals surface area contributed by atoms with E-state index in [9.17, 15) is 13.2 Å². The molecule has 9 heteroatoms. The Morgan fingerprint density at radius 1 is 1.25 bits per heavy atom. The van der Waals surface area contributed by atoms with Crippen LogP contribution < -0.4 is 15.2 Å². The van der Waals surface area contributed by atoms with Gasteiger partial charge in [-0.3, -0.25) is 4.79 Å². The molecule has 0 saturated heterocycles. The van der Waals surface area contributed by atoms with Crippen LogP contribution in [0.4, 0.5) is 0 Å². The number of thiazole rings is 1. The predicted molar refractivity (Wildman–Crippen MR) is 107 cm³/mol. The molecule has 1 amide bonds. The smallest absolute Gasteiger partial charge is 0.251 e. The molecule has 1 heterocycles. The van der Waals surface area contributed by atoms with E-state index in [1.165, 1.54) is 23.5 Å². The van der Waals surface area contributed by atoms with Gasteiger partial charge in [0.2, 0.25) is 10.0 Å². The number of benzene rings is 2. The number of rotatable bonds is 7. The van der Waals surface area contributed by atoms with Crippen molar-refractivity contribution in [2.75, 3.05) is 0 Å². The zero-order valence-corrected chi connectivity index (χ0v) is 16.7. The normalized spacial score (nSPS) is 12.4. The van der Waals surface area contributed by atoms with Crippen molar-refractivity contribution in [2.45, 2.75) is 24.5 Å². The number of hydrogen-bond acceptors (Lipinski definition) is 6. The molecule has 7 nitrogen and oxygen atoms in total. The fraction of sp³-hybridized carbons (Fsp3) is 0.158. The number of carbonyl (C=O) groups is 1. The average Bonchev–Trinajstić information content (AvgIpc) is 3.19. The van der Waals surface area contributed by atoms with Crippen molar-refractivity contribution in [2.24, 2.45) is 5.14 Å². The van der Waals surface area contributed by atoms with Crippen LogP contribution in [0, 0.1) is 0 Å².